The second-order valence-corrected chi connectivity index (χ2v) is 11.9. The number of alkyl halides is 9. The Balaban J connectivity index is 0.000000205. The highest BCUT2D eigenvalue weighted by atomic mass is 32.2. The Hall–Kier alpha value is -3.42. The van der Waals surface area contributed by atoms with Crippen LogP contribution < -0.4 is 4.74 Å². The van der Waals surface area contributed by atoms with Gasteiger partial charge in [-0.25, -0.2) is 4.39 Å². The maximum Gasteiger partial charge on any atom is 0.416 e. The van der Waals surface area contributed by atoms with Crippen LogP contribution in [0, 0.1) is 5.82 Å². The van der Waals surface area contributed by atoms with Crippen molar-refractivity contribution in [2.24, 2.45) is 0 Å². The molecule has 0 bridgehead atoms. The van der Waals surface area contributed by atoms with Gasteiger partial charge in [0.25, 0.3) is 5.24 Å². The van der Waals surface area contributed by atoms with Gasteiger partial charge in [-0.3, -0.25) is 4.79 Å². The van der Waals surface area contributed by atoms with Crippen LogP contribution in [0.2, 0.25) is 0 Å². The molecule has 2 heterocycles. The van der Waals surface area contributed by atoms with E-state index in [2.05, 4.69) is 0 Å². The van der Waals surface area contributed by atoms with Gasteiger partial charge in [0.2, 0.25) is 0 Å². The number of hydrogen-bond acceptors (Lipinski definition) is 3. The van der Waals surface area contributed by atoms with E-state index in [0.717, 1.165) is 36.0 Å². The quantitative estimate of drug-likeness (QED) is 0.260. The SMILES string of the molecule is COc1cc(F)c(C(C)C)cc1-c1ccc(C(F)(F)F)cc1.O=C1SC(c2cc(C(F)(F)F)cc(C(F)(F)F)c2)C2CCCN12. The van der Waals surface area contributed by atoms with Crippen LogP contribution in [0.1, 0.15) is 65.7 Å². The number of thioether (sulfide) groups is 1. The molecule has 2 unspecified atom stereocenters. The van der Waals surface area contributed by atoms with Crippen LogP contribution in [0.15, 0.2) is 54.6 Å². The first kappa shape index (κ1) is 34.5. The van der Waals surface area contributed by atoms with E-state index in [0.29, 0.717) is 41.8 Å². The third kappa shape index (κ3) is 7.70. The van der Waals surface area contributed by atoms with Crippen molar-refractivity contribution in [1.82, 2.24) is 4.90 Å². The lowest BCUT2D eigenvalue weighted by Crippen LogP contribution is -2.27. The molecule has 3 nitrogen and oxygen atoms in total. The molecule has 45 heavy (non-hydrogen) atoms. The molecule has 14 heteroatoms. The fourth-order valence-electron chi connectivity index (χ4n) is 5.27. The molecule has 0 spiro atoms. The van der Waals surface area contributed by atoms with Crippen LogP contribution in [0.3, 0.4) is 0 Å². The molecule has 0 aliphatic carbocycles. The minimum Gasteiger partial charge on any atom is -0.496 e. The summed E-state index contributed by atoms with van der Waals surface area (Å²) < 4.78 is 134. The van der Waals surface area contributed by atoms with E-state index in [-0.39, 0.29) is 34.6 Å². The lowest BCUT2D eigenvalue weighted by Gasteiger charge is -2.21. The van der Waals surface area contributed by atoms with Gasteiger partial charge in [0, 0.05) is 24.2 Å². The average molecular weight is 668 g/mol. The van der Waals surface area contributed by atoms with Gasteiger partial charge in [-0.1, -0.05) is 37.7 Å². The summed E-state index contributed by atoms with van der Waals surface area (Å²) in [7, 11) is 1.40. The number of benzene rings is 3. The summed E-state index contributed by atoms with van der Waals surface area (Å²) in [5, 5.41) is -0.989. The first-order valence-electron chi connectivity index (χ1n) is 13.6. The predicted molar refractivity (Wildman–Crippen MR) is 149 cm³/mol. The van der Waals surface area contributed by atoms with E-state index in [1.807, 2.05) is 13.8 Å². The highest BCUT2D eigenvalue weighted by Crippen LogP contribution is 2.49. The summed E-state index contributed by atoms with van der Waals surface area (Å²) >= 11 is 0.802. The van der Waals surface area contributed by atoms with Crippen LogP contribution in [0.5, 0.6) is 5.75 Å². The number of hydrogen-bond donors (Lipinski definition) is 0. The van der Waals surface area contributed by atoms with Crippen LogP contribution in [-0.4, -0.2) is 29.8 Å². The summed E-state index contributed by atoms with van der Waals surface area (Å²) in [4.78, 5) is 13.4. The molecule has 0 N–H and O–H groups in total. The zero-order valence-corrected chi connectivity index (χ0v) is 24.8. The molecular formula is C31H27F10NO2S. The van der Waals surface area contributed by atoms with Crippen molar-refractivity contribution in [1.29, 1.82) is 0 Å². The number of carbonyl (C=O) groups is 1. The molecule has 0 aromatic heterocycles. The van der Waals surface area contributed by atoms with E-state index in [4.69, 9.17) is 4.74 Å². The molecule has 244 valence electrons. The second-order valence-electron chi connectivity index (χ2n) is 10.9. The molecule has 0 saturated carbocycles. The number of amides is 1. The minimum absolute atomic E-state index is 0.0425. The molecular weight excluding hydrogens is 640 g/mol. The molecule has 2 atom stereocenters. The number of methoxy groups -OCH3 is 1. The smallest absolute Gasteiger partial charge is 0.416 e. The monoisotopic (exact) mass is 667 g/mol. The summed E-state index contributed by atoms with van der Waals surface area (Å²) in [6.07, 6.45) is -12.8. The fourth-order valence-corrected chi connectivity index (χ4v) is 6.56. The Bertz CT molecular complexity index is 1500. The largest absolute Gasteiger partial charge is 0.496 e. The molecule has 3 aromatic rings. The van der Waals surface area contributed by atoms with Gasteiger partial charge in [0.15, 0.2) is 0 Å². The average Bonchev–Trinajstić information content (AvgIpc) is 3.55. The lowest BCUT2D eigenvalue weighted by atomic mass is 9.95. The Morgan fingerprint density at radius 2 is 1.38 bits per heavy atom. The van der Waals surface area contributed by atoms with Crippen LogP contribution in [-0.2, 0) is 18.5 Å². The van der Waals surface area contributed by atoms with E-state index in [9.17, 15) is 48.7 Å². The van der Waals surface area contributed by atoms with Crippen LogP contribution in [0.25, 0.3) is 11.1 Å². The van der Waals surface area contributed by atoms with Crippen molar-refractivity contribution in [3.63, 3.8) is 0 Å². The highest BCUT2D eigenvalue weighted by Gasteiger charge is 2.46. The van der Waals surface area contributed by atoms with Crippen molar-refractivity contribution in [3.8, 4) is 16.9 Å². The maximum atomic E-state index is 14.0. The number of rotatable bonds is 4. The zero-order valence-electron chi connectivity index (χ0n) is 24.0. The van der Waals surface area contributed by atoms with E-state index in [1.165, 1.54) is 30.2 Å². The first-order valence-corrected chi connectivity index (χ1v) is 14.5. The van der Waals surface area contributed by atoms with Crippen LogP contribution in [0.4, 0.5) is 48.7 Å². The second kappa shape index (κ2) is 12.8. The van der Waals surface area contributed by atoms with Gasteiger partial charge in [-0.15, -0.1) is 0 Å². The van der Waals surface area contributed by atoms with E-state index >= 15 is 0 Å². The van der Waals surface area contributed by atoms with Gasteiger partial charge in [-0.2, -0.15) is 39.5 Å². The molecule has 2 aliphatic heterocycles. The summed E-state index contributed by atoms with van der Waals surface area (Å²) in [5.74, 6) is -0.136. The summed E-state index contributed by atoms with van der Waals surface area (Å²) in [5.41, 5.74) is -1.89. The zero-order chi connectivity index (χ0) is 33.5. The number of nitrogens with zero attached hydrogens (tertiary/aromatic N) is 1. The van der Waals surface area contributed by atoms with Gasteiger partial charge in [-0.05, 0) is 71.8 Å². The highest BCUT2D eigenvalue weighted by molar-refractivity contribution is 8.14. The minimum atomic E-state index is -4.88. The molecule has 0 radical (unpaired) electrons. The molecule has 2 aliphatic rings. The fraction of sp³-hybridized carbons (Fsp3) is 0.387. The van der Waals surface area contributed by atoms with Gasteiger partial charge in [0.05, 0.1) is 29.1 Å². The predicted octanol–water partition coefficient (Wildman–Crippen LogP) is 10.7. The molecule has 3 aromatic carbocycles. The Kier molecular flexibility index (Phi) is 9.77. The third-order valence-electron chi connectivity index (χ3n) is 7.51. The van der Waals surface area contributed by atoms with Crippen molar-refractivity contribution < 1.29 is 53.4 Å². The number of carbonyl (C=O) groups excluding carboxylic acids is 1. The summed E-state index contributed by atoms with van der Waals surface area (Å²) in [6, 6.07) is 8.86. The number of fused-ring (bicyclic) bond motifs is 1. The molecule has 1 amide bonds. The standard InChI is InChI=1S/C17H16F4O.C14H11F6NOS/c1-10(2)13-8-14(16(22-3)9-15(13)18)11-4-6-12(7-5-11)17(19,20)21;15-13(16,17)8-4-7(5-9(6-8)14(18,19)20)11-10-2-1-3-21(10)12(22)23-11/h4-10H,1-3H3;4-6,10-11H,1-3H2. The van der Waals surface area contributed by atoms with Gasteiger partial charge >= 0.3 is 18.5 Å². The Labute approximate surface area is 256 Å². The van der Waals surface area contributed by atoms with Gasteiger partial charge < -0.3 is 9.64 Å². The lowest BCUT2D eigenvalue weighted by molar-refractivity contribution is -0.143. The van der Waals surface area contributed by atoms with Gasteiger partial charge in [0.1, 0.15) is 11.6 Å². The molecule has 2 saturated heterocycles. The Morgan fingerprint density at radius 3 is 1.87 bits per heavy atom. The third-order valence-corrected chi connectivity index (χ3v) is 8.79. The van der Waals surface area contributed by atoms with Crippen LogP contribution >= 0.6 is 11.8 Å². The van der Waals surface area contributed by atoms with Crippen molar-refractivity contribution in [3.05, 3.63) is 88.2 Å². The number of ether oxygens (including phenoxy) is 1. The van der Waals surface area contributed by atoms with E-state index < -0.39 is 40.5 Å². The maximum absolute atomic E-state index is 14.0. The van der Waals surface area contributed by atoms with Crippen molar-refractivity contribution in [2.45, 2.75) is 62.4 Å². The normalized spacial score (nSPS) is 18.6. The summed E-state index contributed by atoms with van der Waals surface area (Å²) in [6.45, 7) is 4.20. The van der Waals surface area contributed by atoms with E-state index in [1.54, 1.807) is 6.07 Å². The number of halogens is 10. The molecule has 2 fully saturated rings. The first-order chi connectivity index (χ1) is 20.8. The van der Waals surface area contributed by atoms with Crippen molar-refractivity contribution in [2.75, 3.05) is 13.7 Å². The topological polar surface area (TPSA) is 29.5 Å². The van der Waals surface area contributed by atoms with Crippen molar-refractivity contribution >= 4 is 17.0 Å². The Morgan fingerprint density at radius 1 is 0.822 bits per heavy atom. The molecule has 5 rings (SSSR count).